The number of nitrogens with one attached hydrogen (secondary N) is 1. The smallest absolute Gasteiger partial charge is 0.378 e. The molecule has 1 N–H and O–H groups in total. The number of urea groups is 1. The molecule has 6 rings (SSSR count). The molecule has 0 bridgehead atoms. The van der Waals surface area contributed by atoms with Crippen LogP contribution < -0.4 is 15.1 Å². The molecule has 1 aromatic heterocycles. The minimum atomic E-state index is -4.23. The average molecular weight is 544 g/mol. The van der Waals surface area contributed by atoms with Gasteiger partial charge in [-0.1, -0.05) is 6.07 Å². The minimum Gasteiger partial charge on any atom is -0.378 e. The summed E-state index contributed by atoms with van der Waals surface area (Å²) in [6.07, 6.45) is -3.80. The summed E-state index contributed by atoms with van der Waals surface area (Å²) in [6, 6.07) is 9.12. The predicted octanol–water partition coefficient (Wildman–Crippen LogP) is 4.68. The van der Waals surface area contributed by atoms with Crippen LogP contribution in [0.1, 0.15) is 24.8 Å². The number of pyridine rings is 1. The molecule has 1 aromatic carbocycles. The lowest BCUT2D eigenvalue weighted by atomic mass is 10.00. The lowest BCUT2D eigenvalue weighted by Gasteiger charge is -2.29. The number of alkyl halides is 3. The van der Waals surface area contributed by atoms with Gasteiger partial charge in [0.15, 0.2) is 0 Å². The van der Waals surface area contributed by atoms with Crippen molar-refractivity contribution < 1.29 is 27.5 Å². The van der Waals surface area contributed by atoms with E-state index in [-0.39, 0.29) is 18.4 Å². The molecule has 4 heterocycles. The molecule has 1 aliphatic carbocycles. The third kappa shape index (κ3) is 5.54. The first kappa shape index (κ1) is 25.9. The second-order valence-corrected chi connectivity index (χ2v) is 11.1. The number of morpholine rings is 1. The number of anilines is 3. The van der Waals surface area contributed by atoms with Crippen molar-refractivity contribution in [2.45, 2.75) is 32.4 Å². The van der Waals surface area contributed by atoms with Gasteiger partial charge in [-0.2, -0.15) is 13.2 Å². The molecular weight excluding hydrogens is 511 g/mol. The minimum absolute atomic E-state index is 0.0898. The number of carbonyl (C=O) groups is 2. The monoisotopic (exact) mass is 543 g/mol. The highest BCUT2D eigenvalue weighted by Crippen LogP contribution is 2.47. The molecule has 3 saturated heterocycles. The molecule has 2 aromatic rings. The Hall–Kier alpha value is -3.34. The van der Waals surface area contributed by atoms with Gasteiger partial charge in [-0.15, -0.1) is 0 Å². The fraction of sp³-hybridized carbons (Fsp3) is 0.536. The number of carbonyl (C=O) groups excluding carboxylic acids is 2. The molecule has 3 aliphatic heterocycles. The summed E-state index contributed by atoms with van der Waals surface area (Å²) in [5, 5.41) is 2.87. The van der Waals surface area contributed by atoms with Crippen LogP contribution in [0.5, 0.6) is 0 Å². The van der Waals surface area contributed by atoms with Gasteiger partial charge in [0.1, 0.15) is 11.6 Å². The van der Waals surface area contributed by atoms with Crippen molar-refractivity contribution in [3.8, 4) is 11.1 Å². The van der Waals surface area contributed by atoms with Crippen molar-refractivity contribution in [3.63, 3.8) is 0 Å². The number of halogens is 3. The number of rotatable bonds is 5. The summed E-state index contributed by atoms with van der Waals surface area (Å²) in [6.45, 7) is 5.67. The SMILES string of the molecule is Cc1ccc(NC(=O)N2CCC(CC(F)(F)F)C2)cc1-c1cc(N2CCOCC2)nc(N2CC3CC3C2=O)c1. The number of aromatic nitrogens is 1. The molecule has 3 atom stereocenters. The molecular formula is C28H32F3N5O3. The van der Waals surface area contributed by atoms with Gasteiger partial charge in [0.25, 0.3) is 0 Å². The van der Waals surface area contributed by atoms with Gasteiger partial charge in [-0.05, 0) is 72.6 Å². The molecule has 1 saturated carbocycles. The van der Waals surface area contributed by atoms with Crippen LogP contribution in [0.15, 0.2) is 30.3 Å². The van der Waals surface area contributed by atoms with Gasteiger partial charge in [-0.3, -0.25) is 9.69 Å². The fourth-order valence-corrected chi connectivity index (χ4v) is 5.96. The van der Waals surface area contributed by atoms with E-state index < -0.39 is 24.5 Å². The molecule has 3 unspecified atom stereocenters. The van der Waals surface area contributed by atoms with E-state index in [9.17, 15) is 22.8 Å². The maximum Gasteiger partial charge on any atom is 0.389 e. The number of benzene rings is 1. The standard InChI is InChI=1S/C28H32F3N5O3/c1-17-2-3-21(32-27(38)35-5-4-18(15-35)14-28(29,30)31)13-22(17)19-11-24(34-6-8-39-9-7-34)33-25(12-19)36-16-20-10-23(20)26(36)37/h2-3,11-13,18,20,23H,4-10,14-16H2,1H3,(H,32,38). The van der Waals surface area contributed by atoms with Crippen molar-refractivity contribution in [1.82, 2.24) is 9.88 Å². The predicted molar refractivity (Wildman–Crippen MR) is 141 cm³/mol. The number of fused-ring (bicyclic) bond motifs is 1. The molecule has 4 aliphatic rings. The first-order chi connectivity index (χ1) is 18.6. The summed E-state index contributed by atoms with van der Waals surface area (Å²) in [7, 11) is 0. The van der Waals surface area contributed by atoms with Crippen molar-refractivity contribution in [3.05, 3.63) is 35.9 Å². The third-order valence-corrected chi connectivity index (χ3v) is 8.23. The van der Waals surface area contributed by atoms with Gasteiger partial charge >= 0.3 is 12.2 Å². The quantitative estimate of drug-likeness (QED) is 0.593. The van der Waals surface area contributed by atoms with Gasteiger partial charge in [0.2, 0.25) is 5.91 Å². The summed E-state index contributed by atoms with van der Waals surface area (Å²) < 4.78 is 43.9. The highest BCUT2D eigenvalue weighted by molar-refractivity contribution is 6.00. The summed E-state index contributed by atoms with van der Waals surface area (Å²) in [5.41, 5.74) is 3.32. The molecule has 39 heavy (non-hydrogen) atoms. The number of aryl methyl sites for hydroxylation is 1. The number of piperidine rings is 1. The zero-order valence-corrected chi connectivity index (χ0v) is 21.8. The van der Waals surface area contributed by atoms with Crippen LogP contribution in [0.2, 0.25) is 0 Å². The summed E-state index contributed by atoms with van der Waals surface area (Å²) >= 11 is 0. The lowest BCUT2D eigenvalue weighted by Crippen LogP contribution is -2.37. The third-order valence-electron chi connectivity index (χ3n) is 8.23. The molecule has 3 amide bonds. The highest BCUT2D eigenvalue weighted by atomic mass is 19.4. The van der Waals surface area contributed by atoms with E-state index in [1.54, 1.807) is 11.0 Å². The van der Waals surface area contributed by atoms with Crippen LogP contribution in [-0.2, 0) is 9.53 Å². The Morgan fingerprint density at radius 1 is 1.10 bits per heavy atom. The first-order valence-corrected chi connectivity index (χ1v) is 13.5. The summed E-state index contributed by atoms with van der Waals surface area (Å²) in [4.78, 5) is 36.0. The van der Waals surface area contributed by atoms with Crippen molar-refractivity contribution >= 4 is 29.3 Å². The largest absolute Gasteiger partial charge is 0.389 e. The van der Waals surface area contributed by atoms with Crippen molar-refractivity contribution in [1.29, 1.82) is 0 Å². The van der Waals surface area contributed by atoms with Crippen molar-refractivity contribution in [2.24, 2.45) is 17.8 Å². The molecule has 0 radical (unpaired) electrons. The van der Waals surface area contributed by atoms with E-state index in [2.05, 4.69) is 10.2 Å². The van der Waals surface area contributed by atoms with E-state index in [0.717, 1.165) is 28.9 Å². The van der Waals surface area contributed by atoms with E-state index >= 15 is 0 Å². The number of hydrogen-bond donors (Lipinski definition) is 1. The van der Waals surface area contributed by atoms with Crippen molar-refractivity contribution in [2.75, 3.05) is 61.1 Å². The van der Waals surface area contributed by atoms with E-state index in [0.29, 0.717) is 63.2 Å². The molecule has 11 heteroatoms. The van der Waals surface area contributed by atoms with Crippen LogP contribution in [-0.4, -0.2) is 73.9 Å². The lowest BCUT2D eigenvalue weighted by molar-refractivity contribution is -0.143. The van der Waals surface area contributed by atoms with Crippen LogP contribution in [0.3, 0.4) is 0 Å². The zero-order valence-electron chi connectivity index (χ0n) is 21.8. The van der Waals surface area contributed by atoms with Crippen LogP contribution in [0, 0.1) is 24.7 Å². The normalized spacial score (nSPS) is 24.8. The fourth-order valence-electron chi connectivity index (χ4n) is 5.96. The van der Waals surface area contributed by atoms with Crippen LogP contribution in [0.25, 0.3) is 11.1 Å². The number of nitrogens with zero attached hydrogens (tertiary/aromatic N) is 4. The maximum atomic E-state index is 12.9. The first-order valence-electron chi connectivity index (χ1n) is 13.5. The highest BCUT2D eigenvalue weighted by Gasteiger charge is 2.53. The van der Waals surface area contributed by atoms with Gasteiger partial charge in [-0.25, -0.2) is 9.78 Å². The molecule has 208 valence electrons. The van der Waals surface area contributed by atoms with Crippen LogP contribution in [0.4, 0.5) is 35.3 Å². The Kier molecular flexibility index (Phi) is 6.65. The number of hydrogen-bond acceptors (Lipinski definition) is 5. The average Bonchev–Trinajstić information content (AvgIpc) is 3.41. The van der Waals surface area contributed by atoms with Gasteiger partial charge < -0.3 is 19.9 Å². The van der Waals surface area contributed by atoms with Crippen LogP contribution >= 0.6 is 0 Å². The second-order valence-electron chi connectivity index (χ2n) is 11.1. The van der Waals surface area contributed by atoms with Gasteiger partial charge in [0.05, 0.1) is 13.2 Å². The topological polar surface area (TPSA) is 78.0 Å². The maximum absolute atomic E-state index is 12.9. The molecule has 4 fully saturated rings. The number of ether oxygens (including phenoxy) is 1. The van der Waals surface area contributed by atoms with E-state index in [4.69, 9.17) is 9.72 Å². The second kappa shape index (κ2) is 10.0. The zero-order chi connectivity index (χ0) is 27.3. The van der Waals surface area contributed by atoms with E-state index in [1.807, 2.05) is 31.2 Å². The molecule has 0 spiro atoms. The number of amides is 3. The Morgan fingerprint density at radius 3 is 2.59 bits per heavy atom. The Morgan fingerprint density at radius 2 is 1.87 bits per heavy atom. The molecule has 8 nitrogen and oxygen atoms in total. The van der Waals surface area contributed by atoms with Gasteiger partial charge in [0, 0.05) is 50.7 Å². The summed E-state index contributed by atoms with van der Waals surface area (Å²) in [5.74, 6) is 1.50. The number of likely N-dealkylation sites (tertiary alicyclic amines) is 1. The Labute approximate surface area is 225 Å². The Bertz CT molecular complexity index is 1280. The Balaban J connectivity index is 1.25. The van der Waals surface area contributed by atoms with E-state index in [1.165, 1.54) is 4.90 Å².